The van der Waals surface area contributed by atoms with E-state index < -0.39 is 0 Å². The Morgan fingerprint density at radius 2 is 1.74 bits per heavy atom. The summed E-state index contributed by atoms with van der Waals surface area (Å²) in [6.45, 7) is 0. The smallest absolute Gasteiger partial charge is 0.166 e. The summed E-state index contributed by atoms with van der Waals surface area (Å²) in [4.78, 5) is 24.2. The van der Waals surface area contributed by atoms with E-state index in [-0.39, 0.29) is 23.4 Å². The molecule has 19 heavy (non-hydrogen) atoms. The molecule has 2 atom stereocenters. The first-order chi connectivity index (χ1) is 9.20. The van der Waals surface area contributed by atoms with Gasteiger partial charge in [-0.2, -0.15) is 0 Å². The van der Waals surface area contributed by atoms with Gasteiger partial charge < -0.3 is 4.74 Å². The summed E-state index contributed by atoms with van der Waals surface area (Å²) in [5.74, 6) is 0.404. The molecule has 3 rings (SSSR count). The van der Waals surface area contributed by atoms with Crippen LogP contribution in [0.15, 0.2) is 30.3 Å². The average Bonchev–Trinajstić information content (AvgIpc) is 2.43. The van der Waals surface area contributed by atoms with E-state index >= 15 is 0 Å². The predicted octanol–water partition coefficient (Wildman–Crippen LogP) is 2.65. The van der Waals surface area contributed by atoms with E-state index in [1.54, 1.807) is 13.2 Å². The summed E-state index contributed by atoms with van der Waals surface area (Å²) in [6.07, 6.45) is 4.22. The first-order valence-corrected chi connectivity index (χ1v) is 6.64. The zero-order valence-electron chi connectivity index (χ0n) is 10.9. The van der Waals surface area contributed by atoms with Gasteiger partial charge in [-0.3, -0.25) is 9.59 Å². The van der Waals surface area contributed by atoms with E-state index in [0.717, 1.165) is 36.1 Å². The molecule has 0 aliphatic heterocycles. The fourth-order valence-electron chi connectivity index (χ4n) is 3.07. The van der Waals surface area contributed by atoms with E-state index in [9.17, 15) is 9.59 Å². The molecule has 98 valence electrons. The number of carbonyl (C=O) groups excluding carboxylic acids is 2. The fourth-order valence-corrected chi connectivity index (χ4v) is 3.07. The van der Waals surface area contributed by atoms with E-state index in [1.165, 1.54) is 0 Å². The largest absolute Gasteiger partial charge is 0.497 e. The number of hydrogen-bond donors (Lipinski definition) is 0. The van der Waals surface area contributed by atoms with E-state index in [0.29, 0.717) is 0 Å². The number of benzene rings is 1. The van der Waals surface area contributed by atoms with Crippen LogP contribution in [0.2, 0.25) is 0 Å². The van der Waals surface area contributed by atoms with Crippen LogP contribution in [0.3, 0.4) is 0 Å². The number of ether oxygens (including phenoxy) is 1. The summed E-state index contributed by atoms with van der Waals surface area (Å²) in [5, 5.41) is 0. The van der Waals surface area contributed by atoms with Gasteiger partial charge in [0.2, 0.25) is 0 Å². The molecule has 1 fully saturated rings. The molecule has 0 amide bonds. The lowest BCUT2D eigenvalue weighted by Gasteiger charge is -2.32. The number of methoxy groups -OCH3 is 1. The van der Waals surface area contributed by atoms with Gasteiger partial charge in [-0.05, 0) is 42.2 Å². The number of hydrogen-bond acceptors (Lipinski definition) is 3. The van der Waals surface area contributed by atoms with Crippen LogP contribution in [0.1, 0.15) is 24.8 Å². The molecule has 0 heterocycles. The Hall–Kier alpha value is -1.90. The van der Waals surface area contributed by atoms with Gasteiger partial charge in [0.05, 0.1) is 13.0 Å². The lowest BCUT2D eigenvalue weighted by atomic mass is 9.69. The molecule has 3 nitrogen and oxygen atoms in total. The number of Topliss-reactive ketones (excluding diaryl/α,β-unsaturated/α-hetero) is 1. The number of fused-ring (bicyclic) bond motifs is 2. The Bertz CT molecular complexity index is 554. The highest BCUT2D eigenvalue weighted by Gasteiger charge is 2.40. The number of allylic oxidation sites excluding steroid dienone is 2. The first kappa shape index (κ1) is 12.2. The number of ketones is 2. The zero-order chi connectivity index (χ0) is 13.4. The van der Waals surface area contributed by atoms with Gasteiger partial charge in [-0.1, -0.05) is 18.6 Å². The maximum atomic E-state index is 12.2. The minimum Gasteiger partial charge on any atom is -0.497 e. The van der Waals surface area contributed by atoms with Crippen LogP contribution in [0.25, 0.3) is 5.57 Å². The topological polar surface area (TPSA) is 43.4 Å². The summed E-state index contributed by atoms with van der Waals surface area (Å²) >= 11 is 0. The van der Waals surface area contributed by atoms with Crippen LogP contribution in [0, 0.1) is 11.8 Å². The zero-order valence-corrected chi connectivity index (χ0v) is 10.9. The fraction of sp³-hybridized carbons (Fsp3) is 0.375. The minimum absolute atomic E-state index is 0.0215. The molecule has 1 saturated carbocycles. The van der Waals surface area contributed by atoms with Gasteiger partial charge in [0, 0.05) is 5.92 Å². The molecule has 0 aromatic heterocycles. The Morgan fingerprint density at radius 1 is 1.05 bits per heavy atom. The third-order valence-electron chi connectivity index (χ3n) is 4.11. The van der Waals surface area contributed by atoms with Crippen molar-refractivity contribution in [2.45, 2.75) is 19.3 Å². The summed E-state index contributed by atoms with van der Waals surface area (Å²) in [5.41, 5.74) is 1.83. The summed E-state index contributed by atoms with van der Waals surface area (Å²) < 4.78 is 5.13. The maximum Gasteiger partial charge on any atom is 0.166 e. The number of rotatable bonds is 2. The molecule has 3 heteroatoms. The molecule has 0 saturated heterocycles. The third kappa shape index (κ3) is 1.99. The quantitative estimate of drug-likeness (QED) is 0.764. The molecule has 2 aliphatic carbocycles. The van der Waals surface area contributed by atoms with Crippen LogP contribution in [0.5, 0.6) is 5.75 Å². The normalized spacial score (nSPS) is 26.1. The lowest BCUT2D eigenvalue weighted by molar-refractivity contribution is -0.134. The van der Waals surface area contributed by atoms with Crippen LogP contribution in [-0.4, -0.2) is 18.7 Å². The monoisotopic (exact) mass is 256 g/mol. The molecule has 2 bridgehead atoms. The first-order valence-electron chi connectivity index (χ1n) is 6.64. The van der Waals surface area contributed by atoms with Gasteiger partial charge in [0.15, 0.2) is 11.6 Å². The maximum absolute atomic E-state index is 12.2. The van der Waals surface area contributed by atoms with Crippen molar-refractivity contribution in [2.75, 3.05) is 7.11 Å². The van der Waals surface area contributed by atoms with Crippen molar-refractivity contribution in [1.29, 1.82) is 0 Å². The van der Waals surface area contributed by atoms with Crippen LogP contribution >= 0.6 is 0 Å². The Labute approximate surface area is 112 Å². The van der Waals surface area contributed by atoms with Gasteiger partial charge in [-0.15, -0.1) is 0 Å². The SMILES string of the molecule is COc1ccc(C2=CC(=O)[C@H]3CCC[C@@H]2C3=O)cc1. The molecule has 0 spiro atoms. The van der Waals surface area contributed by atoms with E-state index in [4.69, 9.17) is 4.74 Å². The Morgan fingerprint density at radius 3 is 2.42 bits per heavy atom. The molecular formula is C16H16O3. The molecule has 1 aromatic carbocycles. The molecule has 0 unspecified atom stereocenters. The van der Waals surface area contributed by atoms with Crippen LogP contribution in [-0.2, 0) is 9.59 Å². The van der Waals surface area contributed by atoms with Crippen LogP contribution in [0.4, 0.5) is 0 Å². The highest BCUT2D eigenvalue weighted by atomic mass is 16.5. The Kier molecular flexibility index (Phi) is 2.97. The number of carbonyl (C=O) groups is 2. The van der Waals surface area contributed by atoms with Gasteiger partial charge in [-0.25, -0.2) is 0 Å². The molecule has 2 aliphatic rings. The minimum atomic E-state index is -0.374. The van der Waals surface area contributed by atoms with Crippen molar-refractivity contribution in [3.8, 4) is 5.75 Å². The third-order valence-corrected chi connectivity index (χ3v) is 4.11. The molecule has 0 radical (unpaired) electrons. The standard InChI is InChI=1S/C16H16O3/c1-19-11-7-5-10(6-8-11)14-9-15(17)13-4-2-3-12(14)16(13)18/h5-9,12-13H,2-4H2,1H3/t12-,13+/m0/s1. The predicted molar refractivity (Wildman–Crippen MR) is 71.8 cm³/mol. The van der Waals surface area contributed by atoms with Crippen molar-refractivity contribution in [3.63, 3.8) is 0 Å². The van der Waals surface area contributed by atoms with Crippen molar-refractivity contribution in [1.82, 2.24) is 0 Å². The highest BCUT2D eigenvalue weighted by Crippen LogP contribution is 2.40. The second-order valence-corrected chi connectivity index (χ2v) is 5.17. The van der Waals surface area contributed by atoms with Crippen molar-refractivity contribution >= 4 is 17.1 Å². The van der Waals surface area contributed by atoms with E-state index in [1.807, 2.05) is 24.3 Å². The molecule has 0 N–H and O–H groups in total. The van der Waals surface area contributed by atoms with Gasteiger partial charge in [0.25, 0.3) is 0 Å². The van der Waals surface area contributed by atoms with Crippen LogP contribution < -0.4 is 4.74 Å². The highest BCUT2D eigenvalue weighted by molar-refractivity contribution is 6.18. The summed E-state index contributed by atoms with van der Waals surface area (Å²) in [7, 11) is 1.62. The summed E-state index contributed by atoms with van der Waals surface area (Å²) in [6, 6.07) is 7.56. The van der Waals surface area contributed by atoms with Gasteiger partial charge >= 0.3 is 0 Å². The van der Waals surface area contributed by atoms with Gasteiger partial charge in [0.1, 0.15) is 5.75 Å². The van der Waals surface area contributed by atoms with Crippen molar-refractivity contribution in [2.24, 2.45) is 11.8 Å². The average molecular weight is 256 g/mol. The lowest BCUT2D eigenvalue weighted by Crippen LogP contribution is -2.37. The second kappa shape index (κ2) is 4.65. The van der Waals surface area contributed by atoms with Crippen molar-refractivity contribution in [3.05, 3.63) is 35.9 Å². The second-order valence-electron chi connectivity index (χ2n) is 5.17. The molecule has 1 aromatic rings. The van der Waals surface area contributed by atoms with Crippen molar-refractivity contribution < 1.29 is 14.3 Å². The Balaban J connectivity index is 2.00. The van der Waals surface area contributed by atoms with E-state index in [2.05, 4.69) is 0 Å². The molecular weight excluding hydrogens is 240 g/mol.